The predicted molar refractivity (Wildman–Crippen MR) is 78.0 cm³/mol. The average molecular weight is 331 g/mol. The minimum Gasteiger partial charge on any atom is -0.382 e. The SMILES string of the molecule is CCCn1ncc(NCC(C)(C)C(N)=O)c(Br)c1=O. The molecule has 0 fully saturated rings. The van der Waals surface area contributed by atoms with Crippen molar-refractivity contribution in [3.05, 3.63) is 21.0 Å². The van der Waals surface area contributed by atoms with Gasteiger partial charge >= 0.3 is 0 Å². The van der Waals surface area contributed by atoms with E-state index >= 15 is 0 Å². The number of carbonyl (C=O) groups is 1. The van der Waals surface area contributed by atoms with Crippen LogP contribution in [0.25, 0.3) is 0 Å². The topological polar surface area (TPSA) is 90.0 Å². The second-order valence-electron chi connectivity index (χ2n) is 5.00. The fourth-order valence-corrected chi connectivity index (χ4v) is 1.81. The minimum absolute atomic E-state index is 0.191. The summed E-state index contributed by atoms with van der Waals surface area (Å²) in [5, 5.41) is 7.09. The van der Waals surface area contributed by atoms with E-state index in [0.717, 1.165) is 6.42 Å². The number of nitrogens with zero attached hydrogens (tertiary/aromatic N) is 2. The highest BCUT2D eigenvalue weighted by molar-refractivity contribution is 9.10. The molecule has 1 rings (SSSR count). The zero-order chi connectivity index (χ0) is 14.6. The van der Waals surface area contributed by atoms with Gasteiger partial charge in [-0.05, 0) is 36.2 Å². The Morgan fingerprint density at radius 3 is 2.74 bits per heavy atom. The van der Waals surface area contributed by atoms with Gasteiger partial charge in [0, 0.05) is 13.1 Å². The largest absolute Gasteiger partial charge is 0.382 e. The number of aromatic nitrogens is 2. The van der Waals surface area contributed by atoms with Gasteiger partial charge in [0.1, 0.15) is 4.47 Å². The first kappa shape index (κ1) is 15.7. The molecule has 1 aromatic heterocycles. The normalized spacial score (nSPS) is 11.4. The van der Waals surface area contributed by atoms with Crippen LogP contribution in [-0.4, -0.2) is 22.2 Å². The van der Waals surface area contributed by atoms with Crippen LogP contribution in [0, 0.1) is 5.41 Å². The first-order valence-corrected chi connectivity index (χ1v) is 6.88. The van der Waals surface area contributed by atoms with E-state index in [4.69, 9.17) is 5.73 Å². The van der Waals surface area contributed by atoms with E-state index in [1.807, 2.05) is 6.92 Å². The Kier molecular flexibility index (Phi) is 5.11. The Morgan fingerprint density at radius 1 is 1.58 bits per heavy atom. The molecule has 19 heavy (non-hydrogen) atoms. The molecule has 0 saturated carbocycles. The molecule has 0 radical (unpaired) electrons. The lowest BCUT2D eigenvalue weighted by atomic mass is 9.93. The summed E-state index contributed by atoms with van der Waals surface area (Å²) >= 11 is 3.25. The number of nitrogens with one attached hydrogen (secondary N) is 1. The minimum atomic E-state index is -0.697. The van der Waals surface area contributed by atoms with Gasteiger partial charge in [0.05, 0.1) is 17.3 Å². The molecule has 0 unspecified atom stereocenters. The van der Waals surface area contributed by atoms with Crippen LogP contribution in [0.3, 0.4) is 0 Å². The highest BCUT2D eigenvalue weighted by Crippen LogP contribution is 2.20. The maximum atomic E-state index is 12.0. The third kappa shape index (κ3) is 3.79. The van der Waals surface area contributed by atoms with E-state index in [-0.39, 0.29) is 5.56 Å². The van der Waals surface area contributed by atoms with Crippen molar-refractivity contribution < 1.29 is 4.79 Å². The van der Waals surface area contributed by atoms with Crippen LogP contribution >= 0.6 is 15.9 Å². The number of hydrogen-bond donors (Lipinski definition) is 2. The molecular weight excluding hydrogens is 312 g/mol. The van der Waals surface area contributed by atoms with Crippen LogP contribution in [0.4, 0.5) is 5.69 Å². The standard InChI is InChI=1S/C12H19BrN4O2/c1-4-5-17-10(18)9(13)8(6-16-17)15-7-12(2,3)11(14)19/h6,15H,4-5,7H2,1-3H3,(H2,14,19). The average Bonchev–Trinajstić information content (AvgIpc) is 2.34. The van der Waals surface area contributed by atoms with E-state index in [0.29, 0.717) is 23.2 Å². The molecule has 1 heterocycles. The summed E-state index contributed by atoms with van der Waals surface area (Å²) in [6.07, 6.45) is 2.40. The summed E-state index contributed by atoms with van der Waals surface area (Å²) < 4.78 is 1.81. The summed E-state index contributed by atoms with van der Waals surface area (Å²) in [4.78, 5) is 23.2. The van der Waals surface area contributed by atoms with Crippen LogP contribution in [0.15, 0.2) is 15.5 Å². The summed E-state index contributed by atoms with van der Waals surface area (Å²) in [7, 11) is 0. The maximum absolute atomic E-state index is 12.0. The molecule has 1 amide bonds. The maximum Gasteiger partial charge on any atom is 0.283 e. The van der Waals surface area contributed by atoms with Crippen molar-refractivity contribution in [2.24, 2.45) is 11.1 Å². The Labute approximate surface area is 120 Å². The van der Waals surface area contributed by atoms with Crippen molar-refractivity contribution in [2.45, 2.75) is 33.7 Å². The lowest BCUT2D eigenvalue weighted by Gasteiger charge is -2.21. The molecule has 0 saturated heterocycles. The number of primary amides is 1. The third-order valence-corrected chi connectivity index (χ3v) is 3.57. The zero-order valence-electron chi connectivity index (χ0n) is 11.4. The Hall–Kier alpha value is -1.37. The fraction of sp³-hybridized carbons (Fsp3) is 0.583. The molecule has 1 aromatic rings. The van der Waals surface area contributed by atoms with Gasteiger partial charge in [-0.15, -0.1) is 0 Å². The number of anilines is 1. The zero-order valence-corrected chi connectivity index (χ0v) is 13.0. The van der Waals surface area contributed by atoms with Crippen molar-refractivity contribution in [1.29, 1.82) is 0 Å². The third-order valence-electron chi connectivity index (χ3n) is 2.81. The number of rotatable bonds is 6. The van der Waals surface area contributed by atoms with Crippen molar-refractivity contribution in [2.75, 3.05) is 11.9 Å². The number of amides is 1. The van der Waals surface area contributed by atoms with Crippen LogP contribution in [-0.2, 0) is 11.3 Å². The lowest BCUT2D eigenvalue weighted by Crippen LogP contribution is -2.37. The van der Waals surface area contributed by atoms with Gasteiger partial charge < -0.3 is 11.1 Å². The van der Waals surface area contributed by atoms with Gasteiger partial charge in [-0.25, -0.2) is 4.68 Å². The molecular formula is C12H19BrN4O2. The molecule has 0 aliphatic heterocycles. The monoisotopic (exact) mass is 330 g/mol. The van der Waals surface area contributed by atoms with Gasteiger partial charge in [0.15, 0.2) is 0 Å². The molecule has 106 valence electrons. The molecule has 0 aliphatic rings. The Morgan fingerprint density at radius 2 is 2.21 bits per heavy atom. The molecule has 6 nitrogen and oxygen atoms in total. The van der Waals surface area contributed by atoms with Gasteiger partial charge in [-0.2, -0.15) is 5.10 Å². The first-order valence-electron chi connectivity index (χ1n) is 6.09. The molecule has 3 N–H and O–H groups in total. The quantitative estimate of drug-likeness (QED) is 0.823. The van der Waals surface area contributed by atoms with Crippen molar-refractivity contribution >= 4 is 27.5 Å². The molecule has 0 aromatic carbocycles. The number of halogens is 1. The number of aryl methyl sites for hydroxylation is 1. The summed E-state index contributed by atoms with van der Waals surface area (Å²) in [6, 6.07) is 0. The first-order chi connectivity index (χ1) is 8.79. The fourth-order valence-electron chi connectivity index (χ4n) is 1.36. The van der Waals surface area contributed by atoms with E-state index in [1.165, 1.54) is 4.68 Å². The van der Waals surface area contributed by atoms with Crippen LogP contribution in [0.1, 0.15) is 27.2 Å². The summed E-state index contributed by atoms with van der Waals surface area (Å²) in [5.41, 5.74) is 4.97. The smallest absolute Gasteiger partial charge is 0.283 e. The van der Waals surface area contributed by atoms with Gasteiger partial charge in [-0.3, -0.25) is 9.59 Å². The molecule has 7 heteroatoms. The Balaban J connectivity index is 2.90. The van der Waals surface area contributed by atoms with E-state index in [9.17, 15) is 9.59 Å². The summed E-state index contributed by atoms with van der Waals surface area (Å²) in [6.45, 7) is 6.36. The van der Waals surface area contributed by atoms with Crippen LogP contribution in [0.5, 0.6) is 0 Å². The second kappa shape index (κ2) is 6.18. The predicted octanol–water partition coefficient (Wildman–Crippen LogP) is 1.34. The van der Waals surface area contributed by atoms with Crippen LogP contribution in [0.2, 0.25) is 0 Å². The summed E-state index contributed by atoms with van der Waals surface area (Å²) in [5.74, 6) is -0.400. The number of carbonyl (C=O) groups excluding carboxylic acids is 1. The van der Waals surface area contributed by atoms with Crippen molar-refractivity contribution in [3.8, 4) is 0 Å². The molecule has 0 aliphatic carbocycles. The van der Waals surface area contributed by atoms with Gasteiger partial charge in [0.2, 0.25) is 5.91 Å². The number of hydrogen-bond acceptors (Lipinski definition) is 4. The van der Waals surface area contributed by atoms with Crippen LogP contribution < -0.4 is 16.6 Å². The molecule has 0 atom stereocenters. The second-order valence-corrected chi connectivity index (χ2v) is 5.80. The van der Waals surface area contributed by atoms with E-state index in [1.54, 1.807) is 20.0 Å². The highest BCUT2D eigenvalue weighted by atomic mass is 79.9. The van der Waals surface area contributed by atoms with E-state index in [2.05, 4.69) is 26.3 Å². The lowest BCUT2D eigenvalue weighted by molar-refractivity contribution is -0.125. The Bertz CT molecular complexity index is 525. The van der Waals surface area contributed by atoms with E-state index < -0.39 is 11.3 Å². The van der Waals surface area contributed by atoms with Gasteiger partial charge in [0.25, 0.3) is 5.56 Å². The van der Waals surface area contributed by atoms with Gasteiger partial charge in [-0.1, -0.05) is 6.92 Å². The molecule has 0 spiro atoms. The number of nitrogens with two attached hydrogens (primary N) is 1. The highest BCUT2D eigenvalue weighted by Gasteiger charge is 2.25. The van der Waals surface area contributed by atoms with Crippen molar-refractivity contribution in [3.63, 3.8) is 0 Å². The van der Waals surface area contributed by atoms with Crippen molar-refractivity contribution in [1.82, 2.24) is 9.78 Å². The molecule has 0 bridgehead atoms.